The van der Waals surface area contributed by atoms with Crippen molar-refractivity contribution in [2.75, 3.05) is 24.5 Å². The summed E-state index contributed by atoms with van der Waals surface area (Å²) in [5, 5.41) is 8.91. The summed E-state index contributed by atoms with van der Waals surface area (Å²) in [6.45, 7) is 4.34. The second kappa shape index (κ2) is 5.87. The molecule has 1 aliphatic carbocycles. The van der Waals surface area contributed by atoms with E-state index in [2.05, 4.69) is 13.0 Å². The Morgan fingerprint density at radius 3 is 2.60 bits per heavy atom. The van der Waals surface area contributed by atoms with Gasteiger partial charge in [0.1, 0.15) is 0 Å². The maximum atomic E-state index is 12.6. The van der Waals surface area contributed by atoms with E-state index in [-0.39, 0.29) is 17.2 Å². The van der Waals surface area contributed by atoms with Crippen molar-refractivity contribution in [2.45, 2.75) is 32.6 Å². The second-order valence-corrected chi connectivity index (χ2v) is 8.10. The lowest BCUT2D eigenvalue weighted by Crippen LogP contribution is -2.41. The van der Waals surface area contributed by atoms with Gasteiger partial charge in [0.25, 0.3) is 0 Å². The molecule has 0 N–H and O–H groups in total. The lowest BCUT2D eigenvalue weighted by atomic mass is 9.75. The van der Waals surface area contributed by atoms with E-state index in [1.54, 1.807) is 12.1 Å². The largest absolute Gasteiger partial charge is 0.342 e. The molecule has 3 aliphatic rings. The van der Waals surface area contributed by atoms with Crippen molar-refractivity contribution in [3.05, 3.63) is 29.8 Å². The number of benzene rings is 1. The zero-order valence-electron chi connectivity index (χ0n) is 14.6. The van der Waals surface area contributed by atoms with Gasteiger partial charge in [0.05, 0.1) is 11.6 Å². The van der Waals surface area contributed by atoms with Crippen molar-refractivity contribution in [1.29, 1.82) is 5.26 Å². The molecule has 0 radical (unpaired) electrons. The average Bonchev–Trinajstić information content (AvgIpc) is 3.15. The molecule has 4 rings (SSSR count). The molecule has 1 atom stereocenters. The first-order valence-electron chi connectivity index (χ1n) is 9.09. The molecule has 3 fully saturated rings. The molecule has 1 saturated carbocycles. The number of carbonyl (C=O) groups is 2. The van der Waals surface area contributed by atoms with Crippen molar-refractivity contribution < 1.29 is 9.59 Å². The van der Waals surface area contributed by atoms with Crippen LogP contribution in [0.4, 0.5) is 5.69 Å². The lowest BCUT2D eigenvalue weighted by molar-refractivity contribution is -0.139. The molecule has 2 saturated heterocycles. The van der Waals surface area contributed by atoms with Crippen molar-refractivity contribution in [2.24, 2.45) is 17.3 Å². The van der Waals surface area contributed by atoms with E-state index in [0.29, 0.717) is 36.9 Å². The van der Waals surface area contributed by atoms with Gasteiger partial charge in [-0.05, 0) is 49.4 Å². The van der Waals surface area contributed by atoms with Gasteiger partial charge >= 0.3 is 0 Å². The van der Waals surface area contributed by atoms with Gasteiger partial charge in [-0.1, -0.05) is 6.92 Å². The third-order valence-electron chi connectivity index (χ3n) is 6.10. The molecular formula is C20H23N3O2. The minimum atomic E-state index is -0.101. The van der Waals surface area contributed by atoms with Gasteiger partial charge in [-0.3, -0.25) is 9.59 Å². The SMILES string of the molecule is CC1CC(C(=O)N2CCC3(CC(=O)N(c4ccc(C#N)cc4)C3)C2)C1. The normalized spacial score (nSPS) is 31.3. The van der Waals surface area contributed by atoms with Crippen molar-refractivity contribution in [1.82, 2.24) is 4.90 Å². The molecule has 1 spiro atoms. The van der Waals surface area contributed by atoms with Crippen LogP contribution in [-0.2, 0) is 9.59 Å². The molecule has 1 aromatic carbocycles. The van der Waals surface area contributed by atoms with Crippen LogP contribution >= 0.6 is 0 Å². The summed E-state index contributed by atoms with van der Waals surface area (Å²) < 4.78 is 0. The fourth-order valence-corrected chi connectivity index (χ4v) is 4.61. The zero-order valence-corrected chi connectivity index (χ0v) is 14.6. The summed E-state index contributed by atoms with van der Waals surface area (Å²) in [5.41, 5.74) is 1.34. The number of hydrogen-bond acceptors (Lipinski definition) is 3. The van der Waals surface area contributed by atoms with Crippen LogP contribution in [-0.4, -0.2) is 36.3 Å². The number of anilines is 1. The second-order valence-electron chi connectivity index (χ2n) is 8.10. The van der Waals surface area contributed by atoms with E-state index < -0.39 is 0 Å². The van der Waals surface area contributed by atoms with Crippen LogP contribution in [0, 0.1) is 28.6 Å². The molecule has 5 nitrogen and oxygen atoms in total. The quantitative estimate of drug-likeness (QED) is 0.833. The molecule has 0 bridgehead atoms. The molecule has 1 aromatic rings. The van der Waals surface area contributed by atoms with Gasteiger partial charge in [0.2, 0.25) is 11.8 Å². The Bertz CT molecular complexity index is 745. The predicted octanol–water partition coefficient (Wildman–Crippen LogP) is 2.56. The Kier molecular flexibility index (Phi) is 3.79. The van der Waals surface area contributed by atoms with E-state index in [1.807, 2.05) is 21.9 Å². The van der Waals surface area contributed by atoms with Crippen molar-refractivity contribution >= 4 is 17.5 Å². The average molecular weight is 337 g/mol. The molecule has 130 valence electrons. The third kappa shape index (κ3) is 2.80. The maximum absolute atomic E-state index is 12.6. The number of likely N-dealkylation sites (tertiary alicyclic amines) is 1. The standard InChI is InChI=1S/C20H23N3O2/c1-14-8-16(9-14)19(25)22-7-6-20(12-22)10-18(24)23(13-20)17-4-2-15(11-21)3-5-17/h2-5,14,16H,6-10,12-13H2,1H3. The topological polar surface area (TPSA) is 64.4 Å². The summed E-state index contributed by atoms with van der Waals surface area (Å²) >= 11 is 0. The third-order valence-corrected chi connectivity index (χ3v) is 6.10. The van der Waals surface area contributed by atoms with Gasteiger partial charge in [-0.2, -0.15) is 5.26 Å². The Morgan fingerprint density at radius 2 is 1.96 bits per heavy atom. The van der Waals surface area contributed by atoms with E-state index in [0.717, 1.165) is 31.5 Å². The fourth-order valence-electron chi connectivity index (χ4n) is 4.61. The highest BCUT2D eigenvalue weighted by molar-refractivity contribution is 5.96. The Hall–Kier alpha value is -2.35. The molecule has 2 aliphatic heterocycles. The number of carbonyl (C=O) groups excluding carboxylic acids is 2. The molecule has 0 aromatic heterocycles. The highest BCUT2D eigenvalue weighted by Crippen LogP contribution is 2.43. The number of nitrogens with zero attached hydrogens (tertiary/aromatic N) is 3. The predicted molar refractivity (Wildman–Crippen MR) is 93.6 cm³/mol. The zero-order chi connectivity index (χ0) is 17.6. The first-order valence-corrected chi connectivity index (χ1v) is 9.09. The Labute approximate surface area is 148 Å². The van der Waals surface area contributed by atoms with Crippen LogP contribution in [0.2, 0.25) is 0 Å². The first kappa shape index (κ1) is 16.1. The van der Waals surface area contributed by atoms with Gasteiger partial charge in [0, 0.05) is 43.1 Å². The Morgan fingerprint density at radius 1 is 1.24 bits per heavy atom. The van der Waals surface area contributed by atoms with Gasteiger partial charge in [-0.15, -0.1) is 0 Å². The van der Waals surface area contributed by atoms with Crippen molar-refractivity contribution in [3.8, 4) is 6.07 Å². The number of rotatable bonds is 2. The summed E-state index contributed by atoms with van der Waals surface area (Å²) in [6, 6.07) is 9.26. The smallest absolute Gasteiger partial charge is 0.227 e. The van der Waals surface area contributed by atoms with Gasteiger partial charge in [-0.25, -0.2) is 0 Å². The van der Waals surface area contributed by atoms with Crippen LogP contribution in [0.5, 0.6) is 0 Å². The summed E-state index contributed by atoms with van der Waals surface area (Å²) in [6.07, 6.45) is 3.44. The first-order chi connectivity index (χ1) is 12.0. The molecule has 1 unspecified atom stereocenters. The van der Waals surface area contributed by atoms with E-state index in [1.165, 1.54) is 0 Å². The monoisotopic (exact) mass is 337 g/mol. The molecule has 2 heterocycles. The van der Waals surface area contributed by atoms with E-state index >= 15 is 0 Å². The molecule has 25 heavy (non-hydrogen) atoms. The lowest BCUT2D eigenvalue weighted by Gasteiger charge is -2.35. The van der Waals surface area contributed by atoms with Gasteiger partial charge in [0.15, 0.2) is 0 Å². The highest BCUT2D eigenvalue weighted by atomic mass is 16.2. The molecule has 2 amide bonds. The van der Waals surface area contributed by atoms with Crippen LogP contribution in [0.15, 0.2) is 24.3 Å². The van der Waals surface area contributed by atoms with E-state index in [4.69, 9.17) is 5.26 Å². The maximum Gasteiger partial charge on any atom is 0.227 e. The van der Waals surface area contributed by atoms with E-state index in [9.17, 15) is 9.59 Å². The summed E-state index contributed by atoms with van der Waals surface area (Å²) in [7, 11) is 0. The minimum Gasteiger partial charge on any atom is -0.342 e. The molecule has 5 heteroatoms. The summed E-state index contributed by atoms with van der Waals surface area (Å²) in [5.74, 6) is 1.29. The fraction of sp³-hybridized carbons (Fsp3) is 0.550. The molecular weight excluding hydrogens is 314 g/mol. The minimum absolute atomic E-state index is 0.101. The van der Waals surface area contributed by atoms with Crippen molar-refractivity contribution in [3.63, 3.8) is 0 Å². The van der Waals surface area contributed by atoms with Crippen LogP contribution in [0.25, 0.3) is 0 Å². The van der Waals surface area contributed by atoms with Crippen LogP contribution in [0.3, 0.4) is 0 Å². The highest BCUT2D eigenvalue weighted by Gasteiger charge is 2.50. The number of hydrogen-bond donors (Lipinski definition) is 0. The summed E-state index contributed by atoms with van der Waals surface area (Å²) in [4.78, 5) is 29.0. The number of amides is 2. The van der Waals surface area contributed by atoms with Crippen LogP contribution < -0.4 is 4.90 Å². The Balaban J connectivity index is 1.44. The van der Waals surface area contributed by atoms with Gasteiger partial charge < -0.3 is 9.80 Å². The van der Waals surface area contributed by atoms with Crippen LogP contribution in [0.1, 0.15) is 38.2 Å². The number of nitriles is 1.